The van der Waals surface area contributed by atoms with Crippen LogP contribution in [0.5, 0.6) is 0 Å². The first-order valence-corrected chi connectivity index (χ1v) is 9.25. The van der Waals surface area contributed by atoms with Gasteiger partial charge in [-0.3, -0.25) is 4.79 Å². The van der Waals surface area contributed by atoms with Crippen LogP contribution in [0.2, 0.25) is 0 Å². The fraction of sp³-hybridized carbons (Fsp3) is 0.238. The quantitative estimate of drug-likeness (QED) is 0.684. The first kappa shape index (κ1) is 20.0. The highest BCUT2D eigenvalue weighted by Gasteiger charge is 2.29. The molecule has 1 aliphatic rings. The van der Waals surface area contributed by atoms with E-state index in [9.17, 15) is 27.9 Å². The Morgan fingerprint density at radius 2 is 1.80 bits per heavy atom. The Morgan fingerprint density at radius 3 is 2.40 bits per heavy atom. The summed E-state index contributed by atoms with van der Waals surface area (Å²) in [6, 6.07) is 4.93. The van der Waals surface area contributed by atoms with Crippen molar-refractivity contribution in [1.29, 1.82) is 0 Å². The number of aromatic nitrogens is 1. The molecule has 1 saturated heterocycles. The van der Waals surface area contributed by atoms with Gasteiger partial charge in [-0.05, 0) is 30.2 Å². The van der Waals surface area contributed by atoms with Gasteiger partial charge in [0.1, 0.15) is 23.0 Å². The minimum Gasteiger partial charge on any atom is -0.477 e. The number of carboxylic acid groups (broad SMARTS) is 1. The molecule has 4 rings (SSSR count). The molecule has 2 heterocycles. The smallest absolute Gasteiger partial charge is 0.341 e. The fourth-order valence-electron chi connectivity index (χ4n) is 3.79. The maximum absolute atomic E-state index is 14.9. The number of carboxylic acids is 1. The first-order chi connectivity index (χ1) is 14.2. The highest BCUT2D eigenvalue weighted by atomic mass is 19.1. The molecular weight excluding hydrogens is 399 g/mol. The minimum absolute atomic E-state index is 0.0973. The maximum Gasteiger partial charge on any atom is 0.341 e. The number of rotatable bonds is 3. The van der Waals surface area contributed by atoms with Crippen LogP contribution in [0.1, 0.15) is 17.3 Å². The van der Waals surface area contributed by atoms with Crippen LogP contribution in [-0.2, 0) is 0 Å². The molecule has 0 aliphatic carbocycles. The Hall–Kier alpha value is -3.33. The van der Waals surface area contributed by atoms with Gasteiger partial charge in [-0.2, -0.15) is 0 Å². The molecule has 0 amide bonds. The van der Waals surface area contributed by atoms with E-state index in [1.54, 1.807) is 4.90 Å². The molecule has 3 aromatic rings. The Bertz CT molecular complexity index is 1230. The van der Waals surface area contributed by atoms with Gasteiger partial charge >= 0.3 is 5.97 Å². The number of fused-ring (bicyclic) bond motifs is 1. The van der Waals surface area contributed by atoms with E-state index < -0.39 is 34.4 Å². The number of benzene rings is 2. The summed E-state index contributed by atoms with van der Waals surface area (Å²) in [6.07, 6.45) is 0.962. The van der Waals surface area contributed by atoms with Gasteiger partial charge in [0.2, 0.25) is 5.43 Å². The molecular formula is C21H18F3N3O3. The number of pyridine rings is 1. The third kappa shape index (κ3) is 3.21. The first-order valence-electron chi connectivity index (χ1n) is 9.25. The number of carbonyl (C=O) groups is 1. The van der Waals surface area contributed by atoms with E-state index in [4.69, 9.17) is 5.73 Å². The number of nitrogens with zero attached hydrogens (tertiary/aromatic N) is 2. The van der Waals surface area contributed by atoms with Crippen molar-refractivity contribution >= 4 is 22.6 Å². The standard InChI is InChI=1S/C21H18F3N3O3/c1-10-7-26(9-16(10)25)19-6-18-12(5-15(19)24)20(28)13(21(29)30)8-27(18)17-3-2-11(22)4-14(17)23/h2-6,8,10,16H,7,9,25H2,1H3,(H,29,30). The minimum atomic E-state index is -1.54. The number of hydrogen-bond donors (Lipinski definition) is 2. The van der Waals surface area contributed by atoms with Crippen LogP contribution in [0.25, 0.3) is 16.6 Å². The van der Waals surface area contributed by atoms with Gasteiger partial charge in [0, 0.05) is 36.8 Å². The summed E-state index contributed by atoms with van der Waals surface area (Å²) in [7, 11) is 0. The number of halogens is 3. The van der Waals surface area contributed by atoms with Crippen LogP contribution in [0, 0.1) is 23.4 Å². The van der Waals surface area contributed by atoms with Crippen molar-refractivity contribution in [3.63, 3.8) is 0 Å². The Kier molecular flexibility index (Phi) is 4.77. The molecule has 0 saturated carbocycles. The lowest BCUT2D eigenvalue weighted by atomic mass is 10.1. The van der Waals surface area contributed by atoms with E-state index in [0.717, 1.165) is 29.0 Å². The van der Waals surface area contributed by atoms with Crippen molar-refractivity contribution in [3.05, 3.63) is 69.8 Å². The lowest BCUT2D eigenvalue weighted by Gasteiger charge is -2.21. The molecule has 2 aromatic carbocycles. The molecule has 30 heavy (non-hydrogen) atoms. The van der Waals surface area contributed by atoms with Crippen LogP contribution >= 0.6 is 0 Å². The number of nitrogens with two attached hydrogens (primary N) is 1. The molecule has 2 unspecified atom stereocenters. The van der Waals surface area contributed by atoms with Crippen molar-refractivity contribution in [2.45, 2.75) is 13.0 Å². The van der Waals surface area contributed by atoms with Crippen molar-refractivity contribution in [2.24, 2.45) is 11.7 Å². The second-order valence-corrected chi connectivity index (χ2v) is 7.51. The van der Waals surface area contributed by atoms with Gasteiger partial charge < -0.3 is 20.3 Å². The number of aromatic carboxylic acids is 1. The maximum atomic E-state index is 14.9. The summed E-state index contributed by atoms with van der Waals surface area (Å²) in [5.74, 6) is -3.91. The van der Waals surface area contributed by atoms with Gasteiger partial charge in [0.25, 0.3) is 0 Å². The molecule has 3 N–H and O–H groups in total. The van der Waals surface area contributed by atoms with Crippen LogP contribution in [-0.4, -0.2) is 34.8 Å². The zero-order valence-electron chi connectivity index (χ0n) is 15.9. The van der Waals surface area contributed by atoms with Gasteiger partial charge in [0.05, 0.1) is 16.9 Å². The molecule has 0 spiro atoms. The zero-order chi connectivity index (χ0) is 21.7. The van der Waals surface area contributed by atoms with Crippen molar-refractivity contribution in [1.82, 2.24) is 4.57 Å². The summed E-state index contributed by atoms with van der Waals surface area (Å²) < 4.78 is 43.9. The molecule has 1 aliphatic heterocycles. The lowest BCUT2D eigenvalue weighted by Crippen LogP contribution is -2.29. The average molecular weight is 417 g/mol. The molecule has 0 radical (unpaired) electrons. The van der Waals surface area contributed by atoms with Gasteiger partial charge in [0.15, 0.2) is 0 Å². The van der Waals surface area contributed by atoms with Gasteiger partial charge in [-0.15, -0.1) is 0 Å². The molecule has 156 valence electrons. The van der Waals surface area contributed by atoms with E-state index >= 15 is 0 Å². The van der Waals surface area contributed by atoms with E-state index in [-0.39, 0.29) is 34.2 Å². The van der Waals surface area contributed by atoms with Crippen LogP contribution in [0.3, 0.4) is 0 Å². The van der Waals surface area contributed by atoms with E-state index in [0.29, 0.717) is 19.2 Å². The predicted molar refractivity (Wildman–Crippen MR) is 106 cm³/mol. The van der Waals surface area contributed by atoms with Crippen LogP contribution in [0.15, 0.2) is 41.3 Å². The summed E-state index contributed by atoms with van der Waals surface area (Å²) in [5, 5.41) is 9.16. The zero-order valence-corrected chi connectivity index (χ0v) is 15.9. The summed E-state index contributed by atoms with van der Waals surface area (Å²) in [4.78, 5) is 25.9. The molecule has 1 aromatic heterocycles. The Labute approximate surface area is 168 Å². The second kappa shape index (κ2) is 7.17. The number of hydrogen-bond acceptors (Lipinski definition) is 4. The highest BCUT2D eigenvalue weighted by molar-refractivity contribution is 5.94. The Morgan fingerprint density at radius 1 is 1.10 bits per heavy atom. The molecule has 0 bridgehead atoms. The molecule has 9 heteroatoms. The topological polar surface area (TPSA) is 88.6 Å². The molecule has 2 atom stereocenters. The SMILES string of the molecule is CC1CN(c2cc3c(cc2F)c(=O)c(C(=O)O)cn3-c2ccc(F)cc2F)CC1N. The third-order valence-electron chi connectivity index (χ3n) is 5.48. The van der Waals surface area contributed by atoms with Crippen molar-refractivity contribution < 1.29 is 23.1 Å². The average Bonchev–Trinajstić information content (AvgIpc) is 3.01. The molecule has 1 fully saturated rings. The van der Waals surface area contributed by atoms with E-state index in [1.807, 2.05) is 6.92 Å². The normalized spacial score (nSPS) is 18.9. The van der Waals surface area contributed by atoms with E-state index in [1.165, 1.54) is 6.07 Å². The largest absolute Gasteiger partial charge is 0.477 e. The Balaban J connectivity index is 2.03. The van der Waals surface area contributed by atoms with Gasteiger partial charge in [-0.25, -0.2) is 18.0 Å². The summed E-state index contributed by atoms with van der Waals surface area (Å²) in [6.45, 7) is 2.82. The van der Waals surface area contributed by atoms with Crippen LogP contribution in [0.4, 0.5) is 18.9 Å². The summed E-state index contributed by atoms with van der Waals surface area (Å²) >= 11 is 0. The monoisotopic (exact) mass is 417 g/mol. The molecule has 6 nitrogen and oxygen atoms in total. The third-order valence-corrected chi connectivity index (χ3v) is 5.48. The highest BCUT2D eigenvalue weighted by Crippen LogP contribution is 2.31. The van der Waals surface area contributed by atoms with Gasteiger partial charge in [-0.1, -0.05) is 6.92 Å². The van der Waals surface area contributed by atoms with E-state index in [2.05, 4.69) is 0 Å². The summed E-state index contributed by atoms with van der Waals surface area (Å²) in [5.41, 5.74) is 4.57. The fourth-order valence-corrected chi connectivity index (χ4v) is 3.79. The predicted octanol–water partition coefficient (Wildman–Crippen LogP) is 2.89. The van der Waals surface area contributed by atoms with Crippen LogP contribution < -0.4 is 16.1 Å². The van der Waals surface area contributed by atoms with Crippen molar-refractivity contribution in [2.75, 3.05) is 18.0 Å². The van der Waals surface area contributed by atoms with Crippen molar-refractivity contribution in [3.8, 4) is 5.69 Å². The lowest BCUT2D eigenvalue weighted by molar-refractivity contribution is 0.0695. The second-order valence-electron chi connectivity index (χ2n) is 7.51. The number of anilines is 1.